The van der Waals surface area contributed by atoms with E-state index >= 15 is 0 Å². The molecule has 0 atom stereocenters. The molecule has 1 aliphatic heterocycles. The average Bonchev–Trinajstić information content (AvgIpc) is 3.21. The number of rotatable bonds is 3. The van der Waals surface area contributed by atoms with E-state index in [-0.39, 0.29) is 27.5 Å². The van der Waals surface area contributed by atoms with Crippen molar-refractivity contribution in [1.82, 2.24) is 19.7 Å². The van der Waals surface area contributed by atoms with Gasteiger partial charge in [0.25, 0.3) is 5.91 Å². The molecule has 2 aromatic carbocycles. The molecule has 0 saturated carbocycles. The number of aromatic hydroxyl groups is 1. The molecule has 0 bridgehead atoms. The number of phenolic OH excluding ortho intramolecular Hbond substituents is 1. The van der Waals surface area contributed by atoms with E-state index in [0.29, 0.717) is 18.8 Å². The number of anilines is 1. The van der Waals surface area contributed by atoms with Gasteiger partial charge in [0.2, 0.25) is 5.82 Å². The van der Waals surface area contributed by atoms with Gasteiger partial charge in [-0.15, -0.1) is 5.10 Å². The minimum atomic E-state index is -0.219. The van der Waals surface area contributed by atoms with Crippen LogP contribution >= 0.6 is 23.2 Å². The number of piperazine rings is 1. The van der Waals surface area contributed by atoms with Crippen molar-refractivity contribution in [2.45, 2.75) is 6.92 Å². The van der Waals surface area contributed by atoms with E-state index in [2.05, 4.69) is 40.1 Å². The number of benzene rings is 2. The monoisotopic (exact) mass is 431 g/mol. The fourth-order valence-electron chi connectivity index (χ4n) is 3.30. The summed E-state index contributed by atoms with van der Waals surface area (Å²) in [5.41, 5.74) is 2.89. The van der Waals surface area contributed by atoms with E-state index in [4.69, 9.17) is 23.2 Å². The van der Waals surface area contributed by atoms with Crippen LogP contribution in [0.15, 0.2) is 42.7 Å². The van der Waals surface area contributed by atoms with E-state index < -0.39 is 0 Å². The second-order valence-electron chi connectivity index (χ2n) is 6.89. The van der Waals surface area contributed by atoms with Crippen LogP contribution in [0.25, 0.3) is 5.69 Å². The Morgan fingerprint density at radius 1 is 1.03 bits per heavy atom. The van der Waals surface area contributed by atoms with Crippen LogP contribution in [0.5, 0.6) is 5.75 Å². The Labute approximate surface area is 178 Å². The summed E-state index contributed by atoms with van der Waals surface area (Å²) in [5.74, 6) is -0.307. The van der Waals surface area contributed by atoms with Gasteiger partial charge in [-0.05, 0) is 36.8 Å². The molecule has 9 heteroatoms. The first-order valence-electron chi connectivity index (χ1n) is 9.13. The number of hydrogen-bond donors (Lipinski definition) is 1. The van der Waals surface area contributed by atoms with Gasteiger partial charge in [0, 0.05) is 31.9 Å². The number of phenols is 1. The fraction of sp³-hybridized carbons (Fsp3) is 0.250. The van der Waals surface area contributed by atoms with Gasteiger partial charge >= 0.3 is 0 Å². The number of aryl methyl sites for hydroxylation is 1. The predicted molar refractivity (Wildman–Crippen MR) is 112 cm³/mol. The van der Waals surface area contributed by atoms with Gasteiger partial charge in [-0.3, -0.25) is 4.79 Å². The number of aromatic nitrogens is 3. The molecule has 3 aromatic rings. The van der Waals surface area contributed by atoms with Crippen LogP contribution < -0.4 is 4.90 Å². The highest BCUT2D eigenvalue weighted by molar-refractivity contribution is 6.37. The number of carbonyl (C=O) groups is 1. The van der Waals surface area contributed by atoms with Crippen molar-refractivity contribution in [2.24, 2.45) is 0 Å². The van der Waals surface area contributed by atoms with E-state index in [0.717, 1.165) is 13.1 Å². The van der Waals surface area contributed by atoms with Crippen molar-refractivity contribution in [3.8, 4) is 11.4 Å². The third-order valence-electron chi connectivity index (χ3n) is 4.88. The van der Waals surface area contributed by atoms with Crippen molar-refractivity contribution in [2.75, 3.05) is 31.1 Å². The smallest absolute Gasteiger partial charge is 0.293 e. The standard InChI is InChI=1S/C20H19Cl2N5O2/c1-13-3-2-4-14(9-13)25-5-7-26(8-6-25)20(29)19-23-12-27(24-19)15-10-16(21)18(28)17(22)11-15/h2-4,9-12,28H,5-8H2,1H3. The summed E-state index contributed by atoms with van der Waals surface area (Å²) in [7, 11) is 0. The number of halogens is 2. The van der Waals surface area contributed by atoms with Gasteiger partial charge in [-0.25, -0.2) is 9.67 Å². The highest BCUT2D eigenvalue weighted by Gasteiger charge is 2.25. The number of hydrogen-bond acceptors (Lipinski definition) is 5. The van der Waals surface area contributed by atoms with Crippen LogP contribution in [-0.2, 0) is 0 Å². The summed E-state index contributed by atoms with van der Waals surface area (Å²) >= 11 is 11.9. The Bertz CT molecular complexity index is 1040. The van der Waals surface area contributed by atoms with E-state index in [1.165, 1.54) is 34.4 Å². The first-order chi connectivity index (χ1) is 13.9. The molecule has 7 nitrogen and oxygen atoms in total. The molecule has 0 aliphatic carbocycles. The topological polar surface area (TPSA) is 74.5 Å². The largest absolute Gasteiger partial charge is 0.505 e. The summed E-state index contributed by atoms with van der Waals surface area (Å²) in [6.45, 7) is 4.76. The highest BCUT2D eigenvalue weighted by Crippen LogP contribution is 2.33. The zero-order valence-corrected chi connectivity index (χ0v) is 17.2. The van der Waals surface area contributed by atoms with Crippen LogP contribution in [0.4, 0.5) is 5.69 Å². The SMILES string of the molecule is Cc1cccc(N2CCN(C(=O)c3ncn(-c4cc(Cl)c(O)c(Cl)c4)n3)CC2)c1. The van der Waals surface area contributed by atoms with Gasteiger partial charge < -0.3 is 14.9 Å². The van der Waals surface area contributed by atoms with Gasteiger partial charge in [0.15, 0.2) is 5.75 Å². The van der Waals surface area contributed by atoms with Crippen LogP contribution in [0.2, 0.25) is 10.0 Å². The summed E-state index contributed by atoms with van der Waals surface area (Å²) in [6, 6.07) is 11.4. The van der Waals surface area contributed by atoms with Crippen molar-refractivity contribution >= 4 is 34.8 Å². The number of amides is 1. The van der Waals surface area contributed by atoms with Gasteiger partial charge in [0.1, 0.15) is 6.33 Å². The van der Waals surface area contributed by atoms with Gasteiger partial charge in [0.05, 0.1) is 15.7 Å². The lowest BCUT2D eigenvalue weighted by Crippen LogP contribution is -2.49. The fourth-order valence-corrected chi connectivity index (χ4v) is 3.78. The minimum Gasteiger partial charge on any atom is -0.505 e. The average molecular weight is 432 g/mol. The Hall–Kier alpha value is -2.77. The van der Waals surface area contributed by atoms with Crippen molar-refractivity contribution in [3.63, 3.8) is 0 Å². The molecule has 150 valence electrons. The molecule has 1 fully saturated rings. The van der Waals surface area contributed by atoms with Crippen LogP contribution in [0, 0.1) is 6.92 Å². The van der Waals surface area contributed by atoms with Gasteiger partial charge in [-0.2, -0.15) is 0 Å². The molecule has 0 radical (unpaired) electrons. The highest BCUT2D eigenvalue weighted by atomic mass is 35.5. The molecule has 0 unspecified atom stereocenters. The Balaban J connectivity index is 1.45. The second-order valence-corrected chi connectivity index (χ2v) is 7.70. The molecule has 29 heavy (non-hydrogen) atoms. The summed E-state index contributed by atoms with van der Waals surface area (Å²) in [4.78, 5) is 21.0. The predicted octanol–water partition coefficient (Wildman–Crippen LogP) is 3.55. The molecular weight excluding hydrogens is 413 g/mol. The summed E-state index contributed by atoms with van der Waals surface area (Å²) in [6.07, 6.45) is 1.43. The number of nitrogens with zero attached hydrogens (tertiary/aromatic N) is 5. The molecular formula is C20H19Cl2N5O2. The third-order valence-corrected chi connectivity index (χ3v) is 5.46. The molecule has 2 heterocycles. The zero-order chi connectivity index (χ0) is 20.5. The molecule has 4 rings (SSSR count). The van der Waals surface area contributed by atoms with Crippen molar-refractivity contribution < 1.29 is 9.90 Å². The molecule has 1 aliphatic rings. The second kappa shape index (κ2) is 7.93. The molecule has 1 aromatic heterocycles. The normalized spacial score (nSPS) is 14.3. The van der Waals surface area contributed by atoms with Crippen LogP contribution in [0.3, 0.4) is 0 Å². The van der Waals surface area contributed by atoms with E-state index in [1.54, 1.807) is 4.90 Å². The maximum absolute atomic E-state index is 12.8. The Morgan fingerprint density at radius 2 is 1.72 bits per heavy atom. The molecule has 1 saturated heterocycles. The van der Waals surface area contributed by atoms with Crippen molar-refractivity contribution in [3.05, 3.63) is 64.2 Å². The molecule has 1 N–H and O–H groups in total. The summed E-state index contributed by atoms with van der Waals surface area (Å²) < 4.78 is 1.41. The quantitative estimate of drug-likeness (QED) is 0.685. The lowest BCUT2D eigenvalue weighted by molar-refractivity contribution is 0.0734. The lowest BCUT2D eigenvalue weighted by Gasteiger charge is -2.35. The van der Waals surface area contributed by atoms with Crippen molar-refractivity contribution in [1.29, 1.82) is 0 Å². The summed E-state index contributed by atoms with van der Waals surface area (Å²) in [5, 5.41) is 14.1. The first kappa shape index (κ1) is 19.5. The molecule has 1 amide bonds. The Morgan fingerprint density at radius 3 is 2.38 bits per heavy atom. The minimum absolute atomic E-state index is 0.100. The number of carbonyl (C=O) groups excluding carboxylic acids is 1. The van der Waals surface area contributed by atoms with E-state index in [1.807, 2.05) is 6.07 Å². The Kier molecular flexibility index (Phi) is 5.34. The maximum Gasteiger partial charge on any atom is 0.293 e. The first-order valence-corrected chi connectivity index (χ1v) is 9.89. The maximum atomic E-state index is 12.8. The molecule has 0 spiro atoms. The lowest BCUT2D eigenvalue weighted by atomic mass is 10.2. The van der Waals surface area contributed by atoms with Crippen LogP contribution in [-0.4, -0.2) is 56.9 Å². The van der Waals surface area contributed by atoms with Gasteiger partial charge in [-0.1, -0.05) is 35.3 Å². The third kappa shape index (κ3) is 4.02. The van der Waals surface area contributed by atoms with E-state index in [9.17, 15) is 9.90 Å². The van der Waals surface area contributed by atoms with Crippen LogP contribution in [0.1, 0.15) is 16.2 Å². The zero-order valence-electron chi connectivity index (χ0n) is 15.7.